The summed E-state index contributed by atoms with van der Waals surface area (Å²) >= 11 is 0. The molecule has 23 heavy (non-hydrogen) atoms. The number of aromatic amines is 1. The number of rotatable bonds is 3. The summed E-state index contributed by atoms with van der Waals surface area (Å²) in [6, 6.07) is 1.70. The molecule has 1 aliphatic heterocycles. The molecule has 6 heteroatoms. The van der Waals surface area contributed by atoms with E-state index in [1.165, 1.54) is 6.42 Å². The molecule has 1 aliphatic rings. The summed E-state index contributed by atoms with van der Waals surface area (Å²) in [4.78, 5) is 35.0. The Morgan fingerprint density at radius 1 is 1.48 bits per heavy atom. The average Bonchev–Trinajstić information content (AvgIpc) is 2.44. The molecule has 1 aromatic heterocycles. The van der Waals surface area contributed by atoms with Crippen LogP contribution < -0.4 is 5.69 Å². The van der Waals surface area contributed by atoms with Gasteiger partial charge >= 0.3 is 5.69 Å². The molecule has 0 bridgehead atoms. The van der Waals surface area contributed by atoms with Crippen molar-refractivity contribution >= 4 is 5.91 Å². The Morgan fingerprint density at radius 2 is 2.17 bits per heavy atom. The molecule has 0 radical (unpaired) electrons. The third-order valence-corrected chi connectivity index (χ3v) is 4.37. The quantitative estimate of drug-likeness (QED) is 0.916. The number of likely N-dealkylation sites (tertiary alicyclic amines) is 1. The monoisotopic (exact) mass is 320 g/mol. The summed E-state index contributed by atoms with van der Waals surface area (Å²) in [5.41, 5.74) is 0.255. The number of amides is 1. The molecule has 1 atom stereocenters. The summed E-state index contributed by atoms with van der Waals surface area (Å²) in [7, 11) is 3.90. The van der Waals surface area contributed by atoms with Gasteiger partial charge in [0.1, 0.15) is 5.69 Å². The Labute approximate surface area is 137 Å². The molecule has 1 saturated heterocycles. The van der Waals surface area contributed by atoms with Crippen molar-refractivity contribution in [2.75, 3.05) is 33.7 Å². The van der Waals surface area contributed by atoms with Crippen LogP contribution in [0.4, 0.5) is 0 Å². The minimum absolute atomic E-state index is 0.185. The topological polar surface area (TPSA) is 69.3 Å². The summed E-state index contributed by atoms with van der Waals surface area (Å²) in [5, 5.41) is 0. The van der Waals surface area contributed by atoms with Gasteiger partial charge in [-0.3, -0.25) is 4.79 Å². The zero-order chi connectivity index (χ0) is 17.2. The first-order valence-corrected chi connectivity index (χ1v) is 8.22. The lowest BCUT2D eigenvalue weighted by Gasteiger charge is -2.32. The second-order valence-electron chi connectivity index (χ2n) is 7.69. The SMILES string of the molecule is CN1CCC[C@@H](CN(C)C(=O)c2cc(C(C)(C)C)[nH]c(=O)n2)C1. The molecule has 1 N–H and O–H groups in total. The van der Waals surface area contributed by atoms with Crippen LogP contribution in [0.25, 0.3) is 0 Å². The van der Waals surface area contributed by atoms with Gasteiger partial charge in [-0.1, -0.05) is 20.8 Å². The minimum Gasteiger partial charge on any atom is -0.340 e. The Bertz CT molecular complexity index is 618. The molecular weight excluding hydrogens is 292 g/mol. The Hall–Kier alpha value is -1.69. The maximum atomic E-state index is 12.6. The summed E-state index contributed by atoms with van der Waals surface area (Å²) in [6.45, 7) is 8.81. The van der Waals surface area contributed by atoms with E-state index in [1.54, 1.807) is 18.0 Å². The van der Waals surface area contributed by atoms with Gasteiger partial charge in [0.25, 0.3) is 5.91 Å². The first-order chi connectivity index (χ1) is 10.7. The molecule has 1 amide bonds. The van der Waals surface area contributed by atoms with Crippen LogP contribution in [0.2, 0.25) is 0 Å². The van der Waals surface area contributed by atoms with E-state index in [1.807, 2.05) is 20.8 Å². The maximum Gasteiger partial charge on any atom is 0.345 e. The summed E-state index contributed by atoms with van der Waals surface area (Å²) in [5.74, 6) is 0.293. The molecule has 2 heterocycles. The smallest absolute Gasteiger partial charge is 0.340 e. The van der Waals surface area contributed by atoms with Crippen LogP contribution in [0.3, 0.4) is 0 Å². The number of hydrogen-bond donors (Lipinski definition) is 1. The highest BCUT2D eigenvalue weighted by atomic mass is 16.2. The van der Waals surface area contributed by atoms with Crippen LogP contribution in [-0.2, 0) is 5.41 Å². The van der Waals surface area contributed by atoms with E-state index in [0.717, 1.165) is 25.2 Å². The molecule has 1 aromatic rings. The largest absolute Gasteiger partial charge is 0.345 e. The lowest BCUT2D eigenvalue weighted by Crippen LogP contribution is -2.40. The van der Waals surface area contributed by atoms with Gasteiger partial charge in [-0.25, -0.2) is 4.79 Å². The number of nitrogens with zero attached hydrogens (tertiary/aromatic N) is 3. The number of carbonyl (C=O) groups is 1. The van der Waals surface area contributed by atoms with Crippen LogP contribution in [0, 0.1) is 5.92 Å². The third kappa shape index (κ3) is 4.64. The molecule has 0 spiro atoms. The van der Waals surface area contributed by atoms with Gasteiger partial charge in [0.15, 0.2) is 0 Å². The molecule has 128 valence electrons. The van der Waals surface area contributed by atoms with Crippen LogP contribution in [0.15, 0.2) is 10.9 Å². The molecule has 6 nitrogen and oxygen atoms in total. The first-order valence-electron chi connectivity index (χ1n) is 8.22. The Kier molecular flexibility index (Phi) is 5.24. The molecule has 0 saturated carbocycles. The lowest BCUT2D eigenvalue weighted by molar-refractivity contribution is 0.0734. The molecule has 2 rings (SSSR count). The predicted molar refractivity (Wildman–Crippen MR) is 90.7 cm³/mol. The number of piperidine rings is 1. The second kappa shape index (κ2) is 6.83. The highest BCUT2D eigenvalue weighted by Crippen LogP contribution is 2.20. The minimum atomic E-state index is -0.466. The normalized spacial score (nSPS) is 19.6. The number of hydrogen-bond acceptors (Lipinski definition) is 4. The Balaban J connectivity index is 2.13. The molecule has 0 aliphatic carbocycles. The number of nitrogens with one attached hydrogen (secondary N) is 1. The zero-order valence-corrected chi connectivity index (χ0v) is 14.8. The van der Waals surface area contributed by atoms with Gasteiger partial charge in [0, 0.05) is 31.2 Å². The Morgan fingerprint density at radius 3 is 2.78 bits per heavy atom. The van der Waals surface area contributed by atoms with Crippen LogP contribution in [0.1, 0.15) is 49.8 Å². The molecule has 0 aromatic carbocycles. The fraction of sp³-hybridized carbons (Fsp3) is 0.706. The van der Waals surface area contributed by atoms with E-state index in [0.29, 0.717) is 12.5 Å². The summed E-state index contributed by atoms with van der Waals surface area (Å²) in [6.07, 6.45) is 2.30. The third-order valence-electron chi connectivity index (χ3n) is 4.37. The van der Waals surface area contributed by atoms with Crippen molar-refractivity contribution in [3.63, 3.8) is 0 Å². The van der Waals surface area contributed by atoms with E-state index in [4.69, 9.17) is 0 Å². The second-order valence-corrected chi connectivity index (χ2v) is 7.69. The predicted octanol–water partition coefficient (Wildman–Crippen LogP) is 1.48. The molecule has 0 unspecified atom stereocenters. The van der Waals surface area contributed by atoms with Crippen LogP contribution >= 0.6 is 0 Å². The van der Waals surface area contributed by atoms with Gasteiger partial charge in [0.2, 0.25) is 0 Å². The van der Waals surface area contributed by atoms with E-state index in [-0.39, 0.29) is 17.0 Å². The van der Waals surface area contributed by atoms with Gasteiger partial charge in [-0.05, 0) is 38.4 Å². The van der Waals surface area contributed by atoms with Gasteiger partial charge in [0.05, 0.1) is 0 Å². The van der Waals surface area contributed by atoms with E-state index < -0.39 is 5.69 Å². The van der Waals surface area contributed by atoms with Gasteiger partial charge in [-0.15, -0.1) is 0 Å². The van der Waals surface area contributed by atoms with Crippen molar-refractivity contribution in [2.45, 2.75) is 39.0 Å². The fourth-order valence-corrected chi connectivity index (χ4v) is 3.06. The number of carbonyl (C=O) groups excluding carboxylic acids is 1. The highest BCUT2D eigenvalue weighted by Gasteiger charge is 2.24. The van der Waals surface area contributed by atoms with E-state index in [2.05, 4.69) is 21.9 Å². The van der Waals surface area contributed by atoms with E-state index in [9.17, 15) is 9.59 Å². The van der Waals surface area contributed by atoms with Crippen LogP contribution in [0.5, 0.6) is 0 Å². The first kappa shape index (κ1) is 17.7. The van der Waals surface area contributed by atoms with Crippen molar-refractivity contribution in [3.8, 4) is 0 Å². The lowest BCUT2D eigenvalue weighted by atomic mass is 9.91. The molecular formula is C17H28N4O2. The number of H-pyrrole nitrogens is 1. The molecule has 1 fully saturated rings. The average molecular weight is 320 g/mol. The van der Waals surface area contributed by atoms with Crippen molar-refractivity contribution in [2.24, 2.45) is 5.92 Å². The van der Waals surface area contributed by atoms with Crippen LogP contribution in [-0.4, -0.2) is 59.4 Å². The maximum absolute atomic E-state index is 12.6. The zero-order valence-electron chi connectivity index (χ0n) is 14.8. The van der Waals surface area contributed by atoms with Gasteiger partial charge < -0.3 is 14.8 Å². The van der Waals surface area contributed by atoms with Crippen molar-refractivity contribution in [3.05, 3.63) is 27.9 Å². The van der Waals surface area contributed by atoms with Crippen molar-refractivity contribution < 1.29 is 4.79 Å². The summed E-state index contributed by atoms with van der Waals surface area (Å²) < 4.78 is 0. The van der Waals surface area contributed by atoms with Crippen molar-refractivity contribution in [1.82, 2.24) is 19.8 Å². The van der Waals surface area contributed by atoms with E-state index >= 15 is 0 Å². The number of aromatic nitrogens is 2. The fourth-order valence-electron chi connectivity index (χ4n) is 3.06. The van der Waals surface area contributed by atoms with Crippen molar-refractivity contribution in [1.29, 1.82) is 0 Å². The highest BCUT2D eigenvalue weighted by molar-refractivity contribution is 5.92. The standard InChI is InChI=1S/C17H28N4O2/c1-17(2,3)14-9-13(18-16(23)19-14)15(22)21(5)11-12-7-6-8-20(4)10-12/h9,12H,6-8,10-11H2,1-5H3,(H,18,19,23)/t12-/m1/s1. The van der Waals surface area contributed by atoms with Gasteiger partial charge in [-0.2, -0.15) is 4.98 Å².